The largest absolute Gasteiger partial charge is 0.796 e. The molecule has 10 nitrogen and oxygen atoms in total. The number of aryl methyl sites for hydroxylation is 2. The number of allylic oxidation sites excluding steroid dienone is 1. The Labute approximate surface area is 266 Å². The summed E-state index contributed by atoms with van der Waals surface area (Å²) in [5.41, 5.74) is 5.74. The molecular formula is C33H37BF2N2O8. The minimum absolute atomic E-state index is 0.211. The number of H-pyrrole nitrogens is 2. The van der Waals surface area contributed by atoms with E-state index in [4.69, 9.17) is 33.1 Å². The Balaban J connectivity index is 1.82. The van der Waals surface area contributed by atoms with Gasteiger partial charge in [0, 0.05) is 28.6 Å². The summed E-state index contributed by atoms with van der Waals surface area (Å²) in [4.78, 5) is 20.0. The van der Waals surface area contributed by atoms with E-state index < -0.39 is 13.3 Å². The minimum Gasteiger partial charge on any atom is -0.503 e. The van der Waals surface area contributed by atoms with Crippen LogP contribution in [0.25, 0.3) is 28.0 Å². The zero-order valence-electron chi connectivity index (χ0n) is 27.5. The number of ketones is 1. The van der Waals surface area contributed by atoms with Crippen molar-refractivity contribution in [2.45, 2.75) is 27.7 Å². The molecule has 0 saturated heterocycles. The number of benzene rings is 2. The van der Waals surface area contributed by atoms with Crippen LogP contribution in [0.1, 0.15) is 38.7 Å². The van der Waals surface area contributed by atoms with Crippen LogP contribution in [0.4, 0.5) is 8.63 Å². The summed E-state index contributed by atoms with van der Waals surface area (Å²) in [5, 5.41) is 0. The Morgan fingerprint density at radius 1 is 0.630 bits per heavy atom. The number of carbonyl (C=O) groups is 1. The highest BCUT2D eigenvalue weighted by atomic mass is 19.2. The zero-order valence-corrected chi connectivity index (χ0v) is 27.5. The van der Waals surface area contributed by atoms with E-state index in [0.29, 0.717) is 73.7 Å². The molecule has 0 aliphatic heterocycles. The quantitative estimate of drug-likeness (QED) is 0.0689. The number of aromatic amines is 2. The van der Waals surface area contributed by atoms with Gasteiger partial charge in [-0.2, -0.15) is 0 Å². The maximum Gasteiger partial charge on any atom is 0.796 e. The highest BCUT2D eigenvalue weighted by Gasteiger charge is 2.28. The number of halogens is 2. The van der Waals surface area contributed by atoms with Crippen molar-refractivity contribution in [1.29, 1.82) is 0 Å². The maximum atomic E-state index is 13.8. The molecule has 46 heavy (non-hydrogen) atoms. The molecule has 2 aromatic heterocycles. The number of methoxy groups -OCH3 is 6. The zero-order chi connectivity index (χ0) is 33.9. The molecule has 2 N–H and O–H groups in total. The molecule has 2 aromatic carbocycles. The molecule has 4 aromatic rings. The summed E-state index contributed by atoms with van der Waals surface area (Å²) in [6.45, 7) is 7.12. The van der Waals surface area contributed by atoms with Crippen LogP contribution in [0.5, 0.6) is 34.5 Å². The lowest BCUT2D eigenvalue weighted by molar-refractivity contribution is 0.104. The normalized spacial score (nSPS) is 11.3. The van der Waals surface area contributed by atoms with Crippen molar-refractivity contribution in [3.63, 3.8) is 0 Å². The van der Waals surface area contributed by atoms with E-state index in [1.54, 1.807) is 45.0 Å². The third-order valence-corrected chi connectivity index (χ3v) is 7.75. The first-order valence-corrected chi connectivity index (χ1v) is 14.1. The molecule has 13 heteroatoms. The van der Waals surface area contributed by atoms with Crippen molar-refractivity contribution < 1.29 is 46.5 Å². The summed E-state index contributed by atoms with van der Waals surface area (Å²) in [5.74, 6) is 1.69. The van der Waals surface area contributed by atoms with Gasteiger partial charge in [0.05, 0.1) is 54.0 Å². The topological polar surface area (TPSA) is 113 Å². The van der Waals surface area contributed by atoms with Crippen LogP contribution in [0.3, 0.4) is 0 Å². The Morgan fingerprint density at radius 2 is 1.00 bits per heavy atom. The lowest BCUT2D eigenvalue weighted by Crippen LogP contribution is -2.08. The van der Waals surface area contributed by atoms with Gasteiger partial charge in [-0.15, -0.1) is 0 Å². The van der Waals surface area contributed by atoms with Crippen LogP contribution in [-0.4, -0.2) is 65.9 Å². The lowest BCUT2D eigenvalue weighted by atomic mass is 9.98. The van der Waals surface area contributed by atoms with Crippen LogP contribution in [-0.2, 0) is 4.65 Å². The predicted octanol–water partition coefficient (Wildman–Crippen LogP) is 7.13. The van der Waals surface area contributed by atoms with Crippen LogP contribution < -0.4 is 28.4 Å². The summed E-state index contributed by atoms with van der Waals surface area (Å²) >= 11 is 0. The molecule has 0 aliphatic carbocycles. The molecule has 0 fully saturated rings. The number of nitrogens with one attached hydrogen (secondary N) is 2. The van der Waals surface area contributed by atoms with Crippen molar-refractivity contribution in [2.24, 2.45) is 0 Å². The first-order valence-electron chi connectivity index (χ1n) is 14.1. The third kappa shape index (κ3) is 6.22. The molecule has 2 heterocycles. The monoisotopic (exact) mass is 638 g/mol. The summed E-state index contributed by atoms with van der Waals surface area (Å²) < 4.78 is 65.3. The molecule has 4 rings (SSSR count). The molecular weight excluding hydrogens is 601 g/mol. The van der Waals surface area contributed by atoms with Gasteiger partial charge in [-0.05, 0) is 74.2 Å². The Kier molecular flexibility index (Phi) is 10.2. The highest BCUT2D eigenvalue weighted by molar-refractivity contribution is 6.36. The van der Waals surface area contributed by atoms with Gasteiger partial charge in [0.15, 0.2) is 23.0 Å². The number of carbonyl (C=O) groups excluding carboxylic acids is 1. The average molecular weight is 638 g/mol. The molecule has 0 radical (unpaired) electrons. The number of hydrogen-bond acceptors (Lipinski definition) is 8. The second kappa shape index (κ2) is 13.9. The minimum atomic E-state index is -3.19. The van der Waals surface area contributed by atoms with E-state index in [-0.39, 0.29) is 17.1 Å². The smallest absolute Gasteiger partial charge is 0.503 e. The Hall–Kier alpha value is -5.07. The number of rotatable bonds is 13. The van der Waals surface area contributed by atoms with Crippen LogP contribution >= 0.6 is 0 Å². The van der Waals surface area contributed by atoms with Crippen LogP contribution in [0.2, 0.25) is 0 Å². The van der Waals surface area contributed by atoms with Crippen molar-refractivity contribution in [2.75, 3.05) is 42.7 Å². The molecule has 0 saturated carbocycles. The average Bonchev–Trinajstić information content (AvgIpc) is 3.51. The molecule has 0 spiro atoms. The second-order valence-corrected chi connectivity index (χ2v) is 10.3. The molecule has 0 amide bonds. The number of aromatic nitrogens is 2. The fourth-order valence-electron chi connectivity index (χ4n) is 5.76. The first-order chi connectivity index (χ1) is 21.9. The van der Waals surface area contributed by atoms with Crippen LogP contribution in [0.15, 0.2) is 30.3 Å². The molecule has 0 unspecified atom stereocenters. The Morgan fingerprint density at radius 3 is 1.35 bits per heavy atom. The van der Waals surface area contributed by atoms with Crippen molar-refractivity contribution in [3.8, 4) is 56.8 Å². The maximum absolute atomic E-state index is 13.8. The molecule has 0 aliphatic rings. The standard InChI is InChI=1S/C33H37BF2N2O8/c1-16-28(20-11-24(40-5)32(44-9)25(12-20)41-6)18(3)37-30(16)22(39)15-23(46-34(35)36)31-17(2)29(19(4)38-31)21-13-26(42-7)33(45-10)27(14-21)43-8/h11-15,37-38H,1-10H3/b23-15+. The fraction of sp³-hybridized carbons (Fsp3) is 0.303. The van der Waals surface area contributed by atoms with E-state index >= 15 is 0 Å². The third-order valence-electron chi connectivity index (χ3n) is 7.75. The first kappa shape index (κ1) is 33.8. The van der Waals surface area contributed by atoms with Gasteiger partial charge in [0.1, 0.15) is 5.76 Å². The fourth-order valence-corrected chi connectivity index (χ4v) is 5.76. The van der Waals surface area contributed by atoms with Gasteiger partial charge >= 0.3 is 7.47 Å². The molecule has 0 atom stereocenters. The van der Waals surface area contributed by atoms with Crippen molar-refractivity contribution >= 4 is 19.0 Å². The number of hydrogen-bond donors (Lipinski definition) is 2. The van der Waals surface area contributed by atoms with E-state index in [0.717, 1.165) is 11.6 Å². The van der Waals surface area contributed by atoms with Gasteiger partial charge < -0.3 is 43.0 Å². The number of ether oxygens (including phenoxy) is 6. The van der Waals surface area contributed by atoms with E-state index in [2.05, 4.69) is 9.97 Å². The van der Waals surface area contributed by atoms with Gasteiger partial charge in [0.25, 0.3) is 0 Å². The lowest BCUT2D eigenvalue weighted by Gasteiger charge is -2.15. The predicted molar refractivity (Wildman–Crippen MR) is 172 cm³/mol. The molecule has 244 valence electrons. The van der Waals surface area contributed by atoms with Crippen molar-refractivity contribution in [3.05, 3.63) is 64.2 Å². The van der Waals surface area contributed by atoms with E-state index in [1.165, 1.54) is 42.7 Å². The summed E-state index contributed by atoms with van der Waals surface area (Å²) in [6, 6.07) is 7.06. The second-order valence-electron chi connectivity index (χ2n) is 10.3. The molecule has 0 bridgehead atoms. The SMILES string of the molecule is COc1cc(-c2c(C)[nH]c(C(=O)/C=C(/OB(F)F)c3[nH]c(C)c(-c4cc(OC)c(OC)c(OC)c4)c3C)c2C)cc(OC)c1OC. The summed E-state index contributed by atoms with van der Waals surface area (Å²) in [7, 11) is 5.86. The Bertz CT molecular complexity index is 1740. The summed E-state index contributed by atoms with van der Waals surface area (Å²) in [6.07, 6.45) is 1.06. The van der Waals surface area contributed by atoms with Gasteiger partial charge in [-0.3, -0.25) is 4.79 Å². The van der Waals surface area contributed by atoms with Crippen LogP contribution in [0, 0.1) is 27.7 Å². The van der Waals surface area contributed by atoms with E-state index in [9.17, 15) is 13.4 Å². The van der Waals surface area contributed by atoms with Crippen molar-refractivity contribution in [1.82, 2.24) is 9.97 Å². The van der Waals surface area contributed by atoms with Gasteiger partial charge in [-0.1, -0.05) is 0 Å². The van der Waals surface area contributed by atoms with Gasteiger partial charge in [-0.25, -0.2) is 8.63 Å². The van der Waals surface area contributed by atoms with E-state index in [1.807, 2.05) is 6.92 Å². The highest BCUT2D eigenvalue weighted by Crippen LogP contribution is 2.45. The van der Waals surface area contributed by atoms with Gasteiger partial charge in [0.2, 0.25) is 17.3 Å².